The zero-order valence-electron chi connectivity index (χ0n) is 6.04. The molecule has 61 valence electrons. The summed E-state index contributed by atoms with van der Waals surface area (Å²) in [5.41, 5.74) is 0. The molecule has 4 heteroatoms. The van der Waals surface area contributed by atoms with Crippen molar-refractivity contribution in [3.05, 3.63) is 0 Å². The molecule has 0 aliphatic carbocycles. The van der Waals surface area contributed by atoms with E-state index in [1.54, 1.807) is 0 Å². The van der Waals surface area contributed by atoms with Gasteiger partial charge in [-0.05, 0) is 18.9 Å². The Balaban J connectivity index is 3.03. The first-order valence-corrected chi connectivity index (χ1v) is 7.64. The van der Waals surface area contributed by atoms with Crippen LogP contribution in [0.3, 0.4) is 0 Å². The van der Waals surface area contributed by atoms with Crippen molar-refractivity contribution in [3.63, 3.8) is 0 Å². The highest BCUT2D eigenvalue weighted by Crippen LogP contribution is 2.14. The molecule has 0 aromatic carbocycles. The lowest BCUT2D eigenvalue weighted by Crippen LogP contribution is -1.98. The van der Waals surface area contributed by atoms with Crippen LogP contribution in [0.15, 0.2) is 0 Å². The maximum Gasteiger partial charge on any atom is 0.273 e. The quantitative estimate of drug-likeness (QED) is 0.375. The highest BCUT2D eigenvalue weighted by molar-refractivity contribution is 7.33. The van der Waals surface area contributed by atoms with E-state index in [4.69, 9.17) is 33.8 Å². The van der Waals surface area contributed by atoms with Crippen LogP contribution in [0.25, 0.3) is 0 Å². The fourth-order valence-corrected chi connectivity index (χ4v) is 2.09. The Hall–Kier alpha value is 1.09. The van der Waals surface area contributed by atoms with Crippen LogP contribution in [-0.4, -0.2) is 12.8 Å². The Bertz CT molecular complexity index is 77.4. The van der Waals surface area contributed by atoms with Gasteiger partial charge in [-0.15, -0.1) is 33.8 Å². The summed E-state index contributed by atoms with van der Waals surface area (Å²) in [6, 6.07) is 0.955. The zero-order valence-corrected chi connectivity index (χ0v) is 9.31. The number of rotatable bonds is 5. The molecule has 0 fully saturated rings. The summed E-state index contributed by atoms with van der Waals surface area (Å²) in [5.74, 6) is 0. The van der Waals surface area contributed by atoms with Crippen LogP contribution in [-0.2, 0) is 0 Å². The smallest absolute Gasteiger partial charge is 0.147 e. The molecule has 0 amide bonds. The Morgan fingerprint density at radius 3 is 2.40 bits per heavy atom. The van der Waals surface area contributed by atoms with Gasteiger partial charge in [0.1, 0.15) is 0 Å². The van der Waals surface area contributed by atoms with E-state index >= 15 is 0 Å². The monoisotopic (exact) mass is 217 g/mol. The van der Waals surface area contributed by atoms with Crippen LogP contribution < -0.4 is 0 Å². The van der Waals surface area contributed by atoms with Crippen molar-refractivity contribution in [3.8, 4) is 0 Å². The summed E-state index contributed by atoms with van der Waals surface area (Å²) < 4.78 is 0. The Morgan fingerprint density at radius 2 is 2.00 bits per heavy atom. The largest absolute Gasteiger partial charge is 0.273 e. The van der Waals surface area contributed by atoms with E-state index in [1.807, 2.05) is 0 Å². The molecule has 0 aliphatic heterocycles. The van der Waals surface area contributed by atoms with Gasteiger partial charge in [0.2, 0.25) is 0 Å². The molecule has 0 aliphatic rings. The summed E-state index contributed by atoms with van der Waals surface area (Å²) in [6.07, 6.45) is 3.16. The fraction of sp³-hybridized carbons (Fsp3) is 1.00. The topological polar surface area (TPSA) is 0 Å². The highest BCUT2D eigenvalue weighted by Gasteiger charge is 2.05. The van der Waals surface area contributed by atoms with Gasteiger partial charge in [0.25, 0.3) is 7.42 Å². The van der Waals surface area contributed by atoms with E-state index in [2.05, 4.69) is 6.92 Å². The lowest BCUT2D eigenvalue weighted by atomic mass is 10.2. The van der Waals surface area contributed by atoms with E-state index in [-0.39, 0.29) is 0 Å². The van der Waals surface area contributed by atoms with Gasteiger partial charge in [-0.3, -0.25) is 0 Å². The van der Waals surface area contributed by atoms with Crippen LogP contribution in [0.4, 0.5) is 0 Å². The molecule has 1 atom stereocenters. The SMILES string of the molecule is CCC(Cl)CCC[Si](Cl)Cl. The molecule has 0 bridgehead atoms. The fourth-order valence-electron chi connectivity index (χ4n) is 0.661. The van der Waals surface area contributed by atoms with Gasteiger partial charge < -0.3 is 0 Å². The molecule has 0 rings (SSSR count). The van der Waals surface area contributed by atoms with Crippen LogP contribution in [0.2, 0.25) is 6.04 Å². The standard InChI is InChI=1S/C6H12Cl3Si/c1-2-6(7)4-3-5-10(8)9/h6H,2-5H2,1H3. The Kier molecular flexibility index (Phi) is 7.51. The summed E-state index contributed by atoms with van der Waals surface area (Å²) >= 11 is 17.1. The van der Waals surface area contributed by atoms with Gasteiger partial charge in [0, 0.05) is 5.38 Å². The average Bonchev–Trinajstić information content (AvgIpc) is 1.87. The van der Waals surface area contributed by atoms with Crippen molar-refractivity contribution < 1.29 is 0 Å². The first-order chi connectivity index (χ1) is 4.66. The van der Waals surface area contributed by atoms with Crippen LogP contribution in [0.5, 0.6) is 0 Å². The maximum atomic E-state index is 5.87. The highest BCUT2D eigenvalue weighted by atomic mass is 35.7. The minimum Gasteiger partial charge on any atom is -0.147 e. The third-order valence-corrected chi connectivity index (χ3v) is 3.72. The number of alkyl halides is 1. The van der Waals surface area contributed by atoms with E-state index < -0.39 is 7.42 Å². The number of halogens is 3. The predicted molar refractivity (Wildman–Crippen MR) is 51.4 cm³/mol. The Morgan fingerprint density at radius 1 is 1.40 bits per heavy atom. The van der Waals surface area contributed by atoms with E-state index in [9.17, 15) is 0 Å². The van der Waals surface area contributed by atoms with Gasteiger partial charge in [-0.25, -0.2) is 0 Å². The van der Waals surface area contributed by atoms with Gasteiger partial charge in [-0.1, -0.05) is 13.3 Å². The minimum atomic E-state index is -1.05. The number of hydrogen-bond donors (Lipinski definition) is 0. The summed E-state index contributed by atoms with van der Waals surface area (Å²) in [7, 11) is -1.05. The molecule has 0 aromatic heterocycles. The Labute approximate surface area is 78.9 Å². The molecule has 0 aromatic rings. The van der Waals surface area contributed by atoms with Crippen molar-refractivity contribution >= 4 is 41.2 Å². The molecular weight excluding hydrogens is 207 g/mol. The third kappa shape index (κ3) is 7.20. The maximum absolute atomic E-state index is 5.87. The van der Waals surface area contributed by atoms with Gasteiger partial charge in [0.15, 0.2) is 0 Å². The van der Waals surface area contributed by atoms with E-state index in [0.29, 0.717) is 5.38 Å². The van der Waals surface area contributed by atoms with Crippen LogP contribution >= 0.6 is 33.8 Å². The molecule has 0 saturated carbocycles. The average molecular weight is 219 g/mol. The van der Waals surface area contributed by atoms with Crippen LogP contribution in [0.1, 0.15) is 26.2 Å². The van der Waals surface area contributed by atoms with E-state index in [0.717, 1.165) is 25.3 Å². The van der Waals surface area contributed by atoms with Crippen LogP contribution in [0, 0.1) is 0 Å². The van der Waals surface area contributed by atoms with E-state index in [1.165, 1.54) is 0 Å². The van der Waals surface area contributed by atoms with Crippen molar-refractivity contribution in [2.24, 2.45) is 0 Å². The second-order valence-electron chi connectivity index (χ2n) is 2.24. The second kappa shape index (κ2) is 6.78. The molecular formula is C6H12Cl3Si. The second-order valence-corrected chi connectivity index (χ2v) is 7.35. The number of hydrogen-bond acceptors (Lipinski definition) is 0. The molecule has 1 unspecified atom stereocenters. The normalized spacial score (nSPS) is 14.1. The first kappa shape index (κ1) is 11.1. The van der Waals surface area contributed by atoms with Gasteiger partial charge >= 0.3 is 0 Å². The summed E-state index contributed by atoms with van der Waals surface area (Å²) in [5, 5.41) is 0.315. The van der Waals surface area contributed by atoms with Crippen molar-refractivity contribution in [2.75, 3.05) is 0 Å². The molecule has 0 N–H and O–H groups in total. The molecule has 0 saturated heterocycles. The third-order valence-electron chi connectivity index (χ3n) is 1.33. The zero-order chi connectivity index (χ0) is 7.98. The predicted octanol–water partition coefficient (Wildman–Crippen LogP) is 3.75. The summed E-state index contributed by atoms with van der Waals surface area (Å²) in [4.78, 5) is 0. The molecule has 0 heterocycles. The lowest BCUT2D eigenvalue weighted by molar-refractivity contribution is 0.710. The van der Waals surface area contributed by atoms with Crippen molar-refractivity contribution in [1.82, 2.24) is 0 Å². The summed E-state index contributed by atoms with van der Waals surface area (Å²) in [6.45, 7) is 2.09. The molecule has 10 heavy (non-hydrogen) atoms. The van der Waals surface area contributed by atoms with Crippen molar-refractivity contribution in [2.45, 2.75) is 37.6 Å². The minimum absolute atomic E-state index is 0.315. The molecule has 1 radical (unpaired) electrons. The lowest BCUT2D eigenvalue weighted by Gasteiger charge is -2.04. The molecule has 0 nitrogen and oxygen atoms in total. The van der Waals surface area contributed by atoms with Crippen molar-refractivity contribution in [1.29, 1.82) is 0 Å². The van der Waals surface area contributed by atoms with Gasteiger partial charge in [-0.2, -0.15) is 0 Å². The molecule has 0 spiro atoms. The first-order valence-electron chi connectivity index (χ1n) is 3.47. The van der Waals surface area contributed by atoms with Gasteiger partial charge in [0.05, 0.1) is 0 Å².